The quantitative estimate of drug-likeness (QED) is 0.853. The third kappa shape index (κ3) is 2.62. The zero-order chi connectivity index (χ0) is 12.3. The second-order valence-corrected chi connectivity index (χ2v) is 3.59. The number of carboxylic acids is 1. The van der Waals surface area contributed by atoms with Crippen LogP contribution in [0.1, 0.15) is 18.0 Å². The van der Waals surface area contributed by atoms with Crippen LogP contribution in [0.3, 0.4) is 0 Å². The molecule has 1 rings (SSSR count). The van der Waals surface area contributed by atoms with Gasteiger partial charge >= 0.3 is 5.97 Å². The van der Waals surface area contributed by atoms with Crippen molar-refractivity contribution in [2.75, 3.05) is 7.11 Å². The summed E-state index contributed by atoms with van der Waals surface area (Å²) in [4.78, 5) is 10.5. The molecule has 0 amide bonds. The van der Waals surface area contributed by atoms with Gasteiger partial charge in [-0.05, 0) is 12.1 Å². The van der Waals surface area contributed by atoms with Gasteiger partial charge in [-0.3, -0.25) is 4.79 Å². The van der Waals surface area contributed by atoms with E-state index in [1.54, 1.807) is 0 Å². The number of rotatable bonds is 4. The van der Waals surface area contributed by atoms with Gasteiger partial charge in [-0.15, -0.1) is 0 Å². The van der Waals surface area contributed by atoms with Crippen molar-refractivity contribution in [1.29, 1.82) is 0 Å². The fraction of sp³-hybridized carbons (Fsp3) is 0.300. The number of hydrogen-bond acceptors (Lipinski definition) is 3. The summed E-state index contributed by atoms with van der Waals surface area (Å²) in [5.41, 5.74) is 5.57. The third-order valence-corrected chi connectivity index (χ3v) is 2.37. The first-order chi connectivity index (χ1) is 7.47. The number of nitrogens with two attached hydrogens (primary N) is 1. The van der Waals surface area contributed by atoms with E-state index in [0.29, 0.717) is 0 Å². The first kappa shape index (κ1) is 12.7. The molecular formula is C10H11ClFNO3. The summed E-state index contributed by atoms with van der Waals surface area (Å²) in [6, 6.07) is 1.78. The first-order valence-corrected chi connectivity index (χ1v) is 4.84. The Morgan fingerprint density at radius 2 is 2.31 bits per heavy atom. The largest absolute Gasteiger partial charge is 0.496 e. The molecule has 0 heterocycles. The third-order valence-electron chi connectivity index (χ3n) is 2.08. The number of ether oxygens (including phenoxy) is 1. The van der Waals surface area contributed by atoms with Crippen molar-refractivity contribution in [3.63, 3.8) is 0 Å². The van der Waals surface area contributed by atoms with Gasteiger partial charge < -0.3 is 15.6 Å². The maximum Gasteiger partial charge on any atom is 0.305 e. The molecule has 0 saturated carbocycles. The maximum absolute atomic E-state index is 13.7. The van der Waals surface area contributed by atoms with E-state index in [1.807, 2.05) is 0 Å². The molecule has 0 aliphatic carbocycles. The molecule has 6 heteroatoms. The second kappa shape index (κ2) is 5.14. The zero-order valence-corrected chi connectivity index (χ0v) is 9.29. The smallest absolute Gasteiger partial charge is 0.305 e. The van der Waals surface area contributed by atoms with Crippen molar-refractivity contribution in [3.8, 4) is 5.75 Å². The van der Waals surface area contributed by atoms with E-state index in [2.05, 4.69) is 0 Å². The molecular weight excluding hydrogens is 237 g/mol. The van der Waals surface area contributed by atoms with Crippen molar-refractivity contribution >= 4 is 17.6 Å². The summed E-state index contributed by atoms with van der Waals surface area (Å²) >= 11 is 5.59. The Morgan fingerprint density at radius 1 is 1.69 bits per heavy atom. The first-order valence-electron chi connectivity index (χ1n) is 4.46. The van der Waals surface area contributed by atoms with Crippen molar-refractivity contribution in [3.05, 3.63) is 28.5 Å². The van der Waals surface area contributed by atoms with Crippen molar-refractivity contribution in [2.24, 2.45) is 5.73 Å². The van der Waals surface area contributed by atoms with Crippen molar-refractivity contribution in [1.82, 2.24) is 0 Å². The molecule has 88 valence electrons. The number of methoxy groups -OCH3 is 1. The number of hydrogen-bond donors (Lipinski definition) is 2. The topological polar surface area (TPSA) is 72.5 Å². The van der Waals surface area contributed by atoms with E-state index >= 15 is 0 Å². The molecule has 1 unspecified atom stereocenters. The molecule has 0 bridgehead atoms. The predicted octanol–water partition coefficient (Wildman–Crippen LogP) is 1.96. The normalized spacial score (nSPS) is 12.2. The fourth-order valence-corrected chi connectivity index (χ4v) is 1.53. The molecule has 0 aliphatic rings. The van der Waals surface area contributed by atoms with Gasteiger partial charge in [0.2, 0.25) is 0 Å². The Kier molecular flexibility index (Phi) is 4.09. The van der Waals surface area contributed by atoms with Gasteiger partial charge in [0, 0.05) is 11.6 Å². The van der Waals surface area contributed by atoms with Crippen LogP contribution in [0.5, 0.6) is 5.75 Å². The molecule has 0 fully saturated rings. The van der Waals surface area contributed by atoms with Gasteiger partial charge in [-0.2, -0.15) is 0 Å². The van der Waals surface area contributed by atoms with Gasteiger partial charge in [0.1, 0.15) is 11.6 Å². The zero-order valence-electron chi connectivity index (χ0n) is 8.54. The lowest BCUT2D eigenvalue weighted by Crippen LogP contribution is -2.17. The Hall–Kier alpha value is -1.33. The van der Waals surface area contributed by atoms with Gasteiger partial charge in [-0.25, -0.2) is 4.39 Å². The van der Waals surface area contributed by atoms with E-state index in [9.17, 15) is 9.18 Å². The van der Waals surface area contributed by atoms with E-state index < -0.39 is 24.2 Å². The van der Waals surface area contributed by atoms with Crippen LogP contribution >= 0.6 is 11.6 Å². The molecule has 0 radical (unpaired) electrons. The lowest BCUT2D eigenvalue weighted by atomic mass is 10.0. The molecule has 3 N–H and O–H groups in total. The molecule has 1 atom stereocenters. The molecule has 1 aromatic carbocycles. The van der Waals surface area contributed by atoms with Crippen LogP contribution in [0.25, 0.3) is 0 Å². The number of carbonyl (C=O) groups is 1. The number of halogens is 2. The second-order valence-electron chi connectivity index (χ2n) is 3.18. The Bertz CT molecular complexity index is 411. The van der Waals surface area contributed by atoms with E-state index in [1.165, 1.54) is 19.2 Å². The van der Waals surface area contributed by atoms with Crippen LogP contribution in [0.2, 0.25) is 5.02 Å². The summed E-state index contributed by atoms with van der Waals surface area (Å²) in [6.45, 7) is 0. The predicted molar refractivity (Wildman–Crippen MR) is 57.1 cm³/mol. The van der Waals surface area contributed by atoms with Crippen LogP contribution < -0.4 is 10.5 Å². The van der Waals surface area contributed by atoms with Crippen LogP contribution in [-0.4, -0.2) is 18.2 Å². The highest BCUT2D eigenvalue weighted by Crippen LogP contribution is 2.32. The summed E-state index contributed by atoms with van der Waals surface area (Å²) in [6.07, 6.45) is -0.395. The minimum Gasteiger partial charge on any atom is -0.496 e. The summed E-state index contributed by atoms with van der Waals surface area (Å²) in [5, 5.41) is 8.48. The molecule has 1 aromatic rings. The number of aliphatic carboxylic acids is 1. The summed E-state index contributed by atoms with van der Waals surface area (Å²) in [7, 11) is 1.35. The highest BCUT2D eigenvalue weighted by Gasteiger charge is 2.21. The van der Waals surface area contributed by atoms with Crippen LogP contribution in [0, 0.1) is 5.82 Å². The van der Waals surface area contributed by atoms with Crippen LogP contribution in [-0.2, 0) is 4.79 Å². The van der Waals surface area contributed by atoms with Crippen LogP contribution in [0.4, 0.5) is 4.39 Å². The van der Waals surface area contributed by atoms with Crippen molar-refractivity contribution in [2.45, 2.75) is 12.5 Å². The average molecular weight is 248 g/mol. The lowest BCUT2D eigenvalue weighted by molar-refractivity contribution is -0.137. The van der Waals surface area contributed by atoms with Gasteiger partial charge in [0.15, 0.2) is 0 Å². The number of carboxylic acid groups (broad SMARTS) is 1. The highest BCUT2D eigenvalue weighted by atomic mass is 35.5. The SMILES string of the molecule is COc1ccc(Cl)c(F)c1C(N)CC(=O)O. The minimum atomic E-state index is -1.12. The molecule has 0 aliphatic heterocycles. The monoisotopic (exact) mass is 247 g/mol. The fourth-order valence-electron chi connectivity index (χ4n) is 1.36. The molecule has 0 aromatic heterocycles. The molecule has 0 saturated heterocycles. The lowest BCUT2D eigenvalue weighted by Gasteiger charge is -2.15. The van der Waals surface area contributed by atoms with E-state index in [4.69, 9.17) is 27.2 Å². The van der Waals surface area contributed by atoms with Gasteiger partial charge in [-0.1, -0.05) is 11.6 Å². The van der Waals surface area contributed by atoms with Gasteiger partial charge in [0.25, 0.3) is 0 Å². The maximum atomic E-state index is 13.7. The summed E-state index contributed by atoms with van der Waals surface area (Å²) < 4.78 is 18.6. The van der Waals surface area contributed by atoms with E-state index in [-0.39, 0.29) is 16.3 Å². The standard InChI is InChI=1S/C10H11ClFNO3/c1-16-7-3-2-5(11)10(12)9(7)6(13)4-8(14)15/h2-3,6H,4,13H2,1H3,(H,14,15). The van der Waals surface area contributed by atoms with E-state index in [0.717, 1.165) is 0 Å². The molecule has 4 nitrogen and oxygen atoms in total. The molecule has 16 heavy (non-hydrogen) atoms. The molecule has 0 spiro atoms. The highest BCUT2D eigenvalue weighted by molar-refractivity contribution is 6.30. The average Bonchev–Trinajstić information content (AvgIpc) is 2.20. The number of benzene rings is 1. The minimum absolute atomic E-state index is 0.0163. The van der Waals surface area contributed by atoms with Crippen molar-refractivity contribution < 1.29 is 19.0 Å². The Labute approximate surface area is 96.8 Å². The summed E-state index contributed by atoms with van der Waals surface area (Å²) in [5.74, 6) is -1.67. The Morgan fingerprint density at radius 3 is 2.81 bits per heavy atom. The van der Waals surface area contributed by atoms with Gasteiger partial charge in [0.05, 0.1) is 18.6 Å². The Balaban J connectivity index is 3.18. The van der Waals surface area contributed by atoms with Crippen LogP contribution in [0.15, 0.2) is 12.1 Å².